The highest BCUT2D eigenvalue weighted by molar-refractivity contribution is 14.1. The third-order valence-corrected chi connectivity index (χ3v) is 4.27. The second kappa shape index (κ2) is 5.53. The van der Waals surface area contributed by atoms with Crippen LogP contribution in [0.15, 0.2) is 42.5 Å². The first kappa shape index (κ1) is 14.7. The Labute approximate surface area is 140 Å². The predicted molar refractivity (Wildman–Crippen MR) is 88.1 cm³/mol. The number of esters is 1. The van der Waals surface area contributed by atoms with Gasteiger partial charge in [0.15, 0.2) is 0 Å². The number of ether oxygens (including phenoxy) is 1. The highest BCUT2D eigenvalue weighted by Crippen LogP contribution is 2.32. The molecule has 0 unspecified atom stereocenters. The number of anilines is 1. The summed E-state index contributed by atoms with van der Waals surface area (Å²) in [6, 6.07) is 11.4. The van der Waals surface area contributed by atoms with E-state index >= 15 is 0 Å². The molecule has 110 valence electrons. The van der Waals surface area contributed by atoms with Crippen molar-refractivity contribution in [2.45, 2.75) is 0 Å². The Morgan fingerprint density at radius 1 is 1.05 bits per heavy atom. The molecule has 2 aromatic carbocycles. The van der Waals surface area contributed by atoms with E-state index in [0.717, 1.165) is 4.90 Å². The highest BCUT2D eigenvalue weighted by Gasteiger charge is 2.37. The van der Waals surface area contributed by atoms with Crippen molar-refractivity contribution in [3.8, 4) is 0 Å². The maximum Gasteiger partial charge on any atom is 0.337 e. The maximum atomic E-state index is 12.4. The summed E-state index contributed by atoms with van der Waals surface area (Å²) in [6.07, 6.45) is 0. The molecule has 1 heterocycles. The molecule has 5 nitrogen and oxygen atoms in total. The number of rotatable bonds is 2. The molecule has 0 radical (unpaired) electrons. The summed E-state index contributed by atoms with van der Waals surface area (Å²) in [5.74, 6) is -1.18. The average molecular weight is 407 g/mol. The van der Waals surface area contributed by atoms with Gasteiger partial charge in [0, 0.05) is 3.57 Å². The lowest BCUT2D eigenvalue weighted by Gasteiger charge is -2.16. The van der Waals surface area contributed by atoms with Crippen LogP contribution >= 0.6 is 22.6 Å². The van der Waals surface area contributed by atoms with Gasteiger partial charge in [-0.3, -0.25) is 9.59 Å². The number of methoxy groups -OCH3 is 1. The van der Waals surface area contributed by atoms with Crippen LogP contribution < -0.4 is 4.90 Å². The Balaban J connectivity index is 2.05. The monoisotopic (exact) mass is 407 g/mol. The van der Waals surface area contributed by atoms with Crippen LogP contribution in [-0.2, 0) is 4.74 Å². The van der Waals surface area contributed by atoms with Crippen molar-refractivity contribution in [3.05, 3.63) is 62.7 Å². The fourth-order valence-electron chi connectivity index (χ4n) is 2.34. The van der Waals surface area contributed by atoms with Crippen molar-refractivity contribution in [3.63, 3.8) is 0 Å². The van der Waals surface area contributed by atoms with Gasteiger partial charge in [-0.25, -0.2) is 9.69 Å². The van der Waals surface area contributed by atoms with E-state index in [1.807, 2.05) is 22.6 Å². The molecule has 22 heavy (non-hydrogen) atoms. The molecule has 2 aromatic rings. The molecule has 1 aliphatic rings. The van der Waals surface area contributed by atoms with Gasteiger partial charge in [0.2, 0.25) is 0 Å². The number of halogens is 1. The molecule has 0 atom stereocenters. The predicted octanol–water partition coefficient (Wildman–Crippen LogP) is 2.88. The Bertz CT molecular complexity index is 781. The maximum absolute atomic E-state index is 12.4. The normalized spacial score (nSPS) is 13.3. The second-order valence-electron chi connectivity index (χ2n) is 4.65. The van der Waals surface area contributed by atoms with Crippen LogP contribution in [0.1, 0.15) is 31.1 Å². The van der Waals surface area contributed by atoms with Gasteiger partial charge in [0.25, 0.3) is 11.8 Å². The molecule has 6 heteroatoms. The van der Waals surface area contributed by atoms with Gasteiger partial charge in [-0.1, -0.05) is 12.1 Å². The third-order valence-electron chi connectivity index (χ3n) is 3.40. The molecule has 0 saturated carbocycles. The zero-order chi connectivity index (χ0) is 15.9. The molecule has 0 N–H and O–H groups in total. The van der Waals surface area contributed by atoms with E-state index in [-0.39, 0.29) is 11.8 Å². The number of imide groups is 1. The van der Waals surface area contributed by atoms with Crippen LogP contribution in [-0.4, -0.2) is 24.9 Å². The zero-order valence-corrected chi connectivity index (χ0v) is 13.7. The van der Waals surface area contributed by atoms with E-state index in [4.69, 9.17) is 0 Å². The smallest absolute Gasteiger partial charge is 0.337 e. The topological polar surface area (TPSA) is 63.7 Å². The van der Waals surface area contributed by atoms with Crippen LogP contribution in [0.2, 0.25) is 0 Å². The lowest BCUT2D eigenvalue weighted by molar-refractivity contribution is 0.0600. The van der Waals surface area contributed by atoms with Gasteiger partial charge in [-0.05, 0) is 52.9 Å². The highest BCUT2D eigenvalue weighted by atomic mass is 127. The van der Waals surface area contributed by atoms with Crippen molar-refractivity contribution in [1.82, 2.24) is 0 Å². The van der Waals surface area contributed by atoms with Gasteiger partial charge in [0.05, 0.1) is 29.5 Å². The first-order valence-corrected chi connectivity index (χ1v) is 7.48. The average Bonchev–Trinajstić information content (AvgIpc) is 2.79. The molecule has 0 aliphatic carbocycles. The van der Waals surface area contributed by atoms with Crippen molar-refractivity contribution in [2.24, 2.45) is 0 Å². The van der Waals surface area contributed by atoms with Crippen molar-refractivity contribution in [2.75, 3.05) is 12.0 Å². The molecule has 0 bridgehead atoms. The number of amides is 2. The van der Waals surface area contributed by atoms with Crippen LogP contribution in [0.4, 0.5) is 5.69 Å². The van der Waals surface area contributed by atoms with E-state index in [0.29, 0.717) is 25.9 Å². The van der Waals surface area contributed by atoms with Crippen molar-refractivity contribution in [1.29, 1.82) is 0 Å². The van der Waals surface area contributed by atoms with Crippen molar-refractivity contribution >= 4 is 46.1 Å². The molecule has 2 amide bonds. The first-order chi connectivity index (χ1) is 10.5. The number of carbonyl (C=O) groups is 3. The van der Waals surface area contributed by atoms with E-state index < -0.39 is 5.97 Å². The van der Waals surface area contributed by atoms with E-state index in [2.05, 4.69) is 4.74 Å². The number of benzene rings is 2. The van der Waals surface area contributed by atoms with E-state index in [1.54, 1.807) is 36.4 Å². The molecule has 0 fully saturated rings. The lowest BCUT2D eigenvalue weighted by atomic mass is 10.1. The number of carbonyl (C=O) groups excluding carboxylic acids is 3. The molecule has 0 spiro atoms. The fraction of sp³-hybridized carbons (Fsp3) is 0.0625. The summed E-state index contributed by atoms with van der Waals surface area (Å²) in [5.41, 5.74) is 1.60. The van der Waals surface area contributed by atoms with Crippen LogP contribution in [0.5, 0.6) is 0 Å². The van der Waals surface area contributed by atoms with Gasteiger partial charge < -0.3 is 4.74 Å². The van der Waals surface area contributed by atoms with Gasteiger partial charge >= 0.3 is 5.97 Å². The summed E-state index contributed by atoms with van der Waals surface area (Å²) in [4.78, 5) is 37.6. The SMILES string of the molecule is COC(=O)c1ccc(N2C(=O)c3ccccc3C2=O)c(I)c1. The lowest BCUT2D eigenvalue weighted by Crippen LogP contribution is -2.30. The summed E-state index contributed by atoms with van der Waals surface area (Å²) in [6.45, 7) is 0. The summed E-state index contributed by atoms with van der Waals surface area (Å²) < 4.78 is 5.28. The minimum absolute atomic E-state index is 0.357. The molecular weight excluding hydrogens is 397 g/mol. The Morgan fingerprint density at radius 2 is 1.64 bits per heavy atom. The first-order valence-electron chi connectivity index (χ1n) is 6.40. The minimum Gasteiger partial charge on any atom is -0.465 e. The number of hydrogen-bond acceptors (Lipinski definition) is 4. The molecular formula is C16H10INO4. The Morgan fingerprint density at radius 3 is 2.14 bits per heavy atom. The van der Waals surface area contributed by atoms with Gasteiger partial charge in [0.1, 0.15) is 0 Å². The molecule has 0 aromatic heterocycles. The van der Waals surface area contributed by atoms with Crippen LogP contribution in [0.3, 0.4) is 0 Å². The summed E-state index contributed by atoms with van der Waals surface area (Å²) in [5, 5.41) is 0. The Hall–Kier alpha value is -2.22. The number of fused-ring (bicyclic) bond motifs is 1. The third kappa shape index (κ3) is 2.19. The minimum atomic E-state index is -0.466. The van der Waals surface area contributed by atoms with Gasteiger partial charge in [-0.2, -0.15) is 0 Å². The summed E-state index contributed by atoms with van der Waals surface area (Å²) >= 11 is 1.99. The quantitative estimate of drug-likeness (QED) is 0.437. The Kier molecular flexibility index (Phi) is 3.69. The summed E-state index contributed by atoms with van der Waals surface area (Å²) in [7, 11) is 1.30. The fourth-order valence-corrected chi connectivity index (χ4v) is 3.10. The molecule has 0 saturated heterocycles. The zero-order valence-electron chi connectivity index (χ0n) is 11.5. The second-order valence-corrected chi connectivity index (χ2v) is 5.81. The van der Waals surface area contributed by atoms with Gasteiger partial charge in [-0.15, -0.1) is 0 Å². The van der Waals surface area contributed by atoms with E-state index in [1.165, 1.54) is 13.2 Å². The van der Waals surface area contributed by atoms with Crippen LogP contribution in [0, 0.1) is 3.57 Å². The van der Waals surface area contributed by atoms with E-state index in [9.17, 15) is 14.4 Å². The van der Waals surface area contributed by atoms with Crippen LogP contribution in [0.25, 0.3) is 0 Å². The number of nitrogens with zero attached hydrogens (tertiary/aromatic N) is 1. The largest absolute Gasteiger partial charge is 0.465 e. The standard InChI is InChI=1S/C16H10INO4/c1-22-16(21)9-6-7-13(12(17)8-9)18-14(19)10-4-2-3-5-11(10)15(18)20/h2-8H,1H3. The molecule has 3 rings (SSSR count). The number of hydrogen-bond donors (Lipinski definition) is 0. The molecule has 1 aliphatic heterocycles. The van der Waals surface area contributed by atoms with Crippen molar-refractivity contribution < 1.29 is 19.1 Å².